The first-order chi connectivity index (χ1) is 4.10. The first-order valence-electron chi connectivity index (χ1n) is 2.69. The van der Waals surface area contributed by atoms with Crippen molar-refractivity contribution in [3.63, 3.8) is 0 Å². The molecule has 0 N–H and O–H groups in total. The van der Waals surface area contributed by atoms with E-state index in [9.17, 15) is 0 Å². The van der Waals surface area contributed by atoms with Crippen LogP contribution in [0.2, 0.25) is 0 Å². The molecular weight excluding hydrogens is 163 g/mol. The van der Waals surface area contributed by atoms with E-state index in [4.69, 9.17) is 32.7 Å². The van der Waals surface area contributed by atoms with Crippen molar-refractivity contribution in [2.75, 3.05) is 13.2 Å². The van der Waals surface area contributed by atoms with Gasteiger partial charge in [-0.1, -0.05) is 23.2 Å². The molecule has 0 spiro atoms. The third kappa shape index (κ3) is 2.30. The summed E-state index contributed by atoms with van der Waals surface area (Å²) in [5.41, 5.74) is -0.336. The van der Waals surface area contributed by atoms with E-state index in [2.05, 4.69) is 0 Å². The highest BCUT2D eigenvalue weighted by atomic mass is 35.5. The second-order valence-electron chi connectivity index (χ2n) is 2.13. The zero-order valence-corrected chi connectivity index (χ0v) is 6.58. The Kier molecular flexibility index (Phi) is 2.22. The number of hydrogen-bond donors (Lipinski definition) is 0. The Labute approximate surface area is 64.0 Å². The van der Waals surface area contributed by atoms with Crippen LogP contribution >= 0.6 is 23.2 Å². The van der Waals surface area contributed by atoms with Gasteiger partial charge in [-0.05, 0) is 6.92 Å². The quantitative estimate of drug-likeness (QED) is 0.515. The van der Waals surface area contributed by atoms with E-state index >= 15 is 0 Å². The Balaban J connectivity index is 2.35. The summed E-state index contributed by atoms with van der Waals surface area (Å²) < 4.78 is 10.1. The van der Waals surface area contributed by atoms with Crippen LogP contribution < -0.4 is 0 Å². The van der Waals surface area contributed by atoms with Crippen molar-refractivity contribution in [1.82, 2.24) is 0 Å². The van der Waals surface area contributed by atoms with Gasteiger partial charge in [0, 0.05) is 0 Å². The summed E-state index contributed by atoms with van der Waals surface area (Å²) >= 11 is 11.3. The average Bonchev–Trinajstić information content (AvgIpc) is 1.78. The lowest BCUT2D eigenvalue weighted by Crippen LogP contribution is -2.38. The maximum Gasteiger partial charge on any atom is 0.162 e. The van der Waals surface area contributed by atoms with Crippen molar-refractivity contribution in [1.29, 1.82) is 0 Å². The van der Waals surface area contributed by atoms with Crippen molar-refractivity contribution >= 4 is 23.2 Å². The second kappa shape index (κ2) is 2.62. The van der Waals surface area contributed by atoms with E-state index in [1.807, 2.05) is 0 Å². The third-order valence-corrected chi connectivity index (χ3v) is 1.51. The maximum absolute atomic E-state index is 5.73. The Morgan fingerprint density at radius 1 is 1.67 bits per heavy atom. The first-order valence-corrected chi connectivity index (χ1v) is 3.50. The Morgan fingerprint density at radius 3 is 2.67 bits per heavy atom. The normalized spacial score (nSPS) is 45.0. The molecule has 1 fully saturated rings. The van der Waals surface area contributed by atoms with Crippen LogP contribution in [-0.2, 0) is 9.47 Å². The van der Waals surface area contributed by atoms with E-state index < -0.39 is 5.06 Å². The van der Waals surface area contributed by atoms with Crippen LogP contribution in [0, 0.1) is 0 Å². The molecule has 0 aromatic carbocycles. The van der Waals surface area contributed by atoms with Crippen LogP contribution in [0.15, 0.2) is 0 Å². The van der Waals surface area contributed by atoms with E-state index in [0.717, 1.165) is 0 Å². The molecule has 1 saturated heterocycles. The lowest BCUT2D eigenvalue weighted by Gasteiger charge is -2.29. The summed E-state index contributed by atoms with van der Waals surface area (Å²) in [7, 11) is 0. The van der Waals surface area contributed by atoms with Gasteiger partial charge in [-0.2, -0.15) is 0 Å². The summed E-state index contributed by atoms with van der Waals surface area (Å²) in [4.78, 5) is 0. The molecule has 4 heteroatoms. The number of hydrogen-bond acceptors (Lipinski definition) is 2. The summed E-state index contributed by atoms with van der Waals surface area (Å²) in [6.07, 6.45) is 0. The number of halogens is 2. The predicted octanol–water partition coefficient (Wildman–Crippen LogP) is 1.55. The Hall–Kier alpha value is 0.500. The van der Waals surface area contributed by atoms with E-state index in [0.29, 0.717) is 13.2 Å². The predicted molar refractivity (Wildman–Crippen MR) is 35.8 cm³/mol. The van der Waals surface area contributed by atoms with Crippen LogP contribution in [0.25, 0.3) is 0 Å². The molecule has 0 aromatic rings. The fourth-order valence-electron chi connectivity index (χ4n) is 0.568. The maximum atomic E-state index is 5.73. The number of rotatable bonds is 0. The van der Waals surface area contributed by atoms with Gasteiger partial charge in [-0.15, -0.1) is 0 Å². The molecule has 9 heavy (non-hydrogen) atoms. The zero-order valence-electron chi connectivity index (χ0n) is 5.06. The highest BCUT2D eigenvalue weighted by Crippen LogP contribution is 2.23. The molecule has 0 saturated carbocycles. The van der Waals surface area contributed by atoms with Crippen LogP contribution in [0.1, 0.15) is 6.92 Å². The average molecular weight is 171 g/mol. The molecule has 0 amide bonds. The fourth-order valence-corrected chi connectivity index (χ4v) is 0.820. The molecule has 1 aliphatic rings. The van der Waals surface area contributed by atoms with Gasteiger partial charge >= 0.3 is 0 Å². The Bertz CT molecular complexity index is 95.1. The van der Waals surface area contributed by atoms with Crippen LogP contribution in [-0.4, -0.2) is 23.8 Å². The van der Waals surface area contributed by atoms with Gasteiger partial charge in [0.2, 0.25) is 0 Å². The fraction of sp³-hybridized carbons (Fsp3) is 1.00. The molecule has 1 rings (SSSR count). The number of ether oxygens (including phenoxy) is 2. The van der Waals surface area contributed by atoms with Gasteiger partial charge < -0.3 is 9.47 Å². The van der Waals surface area contributed by atoms with Crippen molar-refractivity contribution in [2.24, 2.45) is 0 Å². The molecule has 0 aromatic heterocycles. The minimum absolute atomic E-state index is 0.336. The van der Waals surface area contributed by atoms with Crippen molar-refractivity contribution in [2.45, 2.75) is 17.5 Å². The van der Waals surface area contributed by atoms with Crippen LogP contribution in [0.4, 0.5) is 0 Å². The second-order valence-corrected chi connectivity index (χ2v) is 3.42. The van der Waals surface area contributed by atoms with Gasteiger partial charge in [0.15, 0.2) is 10.6 Å². The molecule has 2 nitrogen and oxygen atoms in total. The standard InChI is InChI=1S/C5H8Cl2O2/c1-5(7)3-8-4(6)2-9-5/h4H,2-3H2,1H3. The minimum Gasteiger partial charge on any atom is -0.356 e. The van der Waals surface area contributed by atoms with Crippen molar-refractivity contribution in [3.8, 4) is 0 Å². The molecule has 2 atom stereocenters. The Morgan fingerprint density at radius 2 is 2.33 bits per heavy atom. The number of alkyl halides is 2. The molecule has 1 aliphatic heterocycles. The monoisotopic (exact) mass is 170 g/mol. The van der Waals surface area contributed by atoms with Gasteiger partial charge in [-0.25, -0.2) is 0 Å². The first kappa shape index (κ1) is 7.61. The van der Waals surface area contributed by atoms with Crippen LogP contribution in [0.5, 0.6) is 0 Å². The molecular formula is C5H8Cl2O2. The topological polar surface area (TPSA) is 18.5 Å². The van der Waals surface area contributed by atoms with Gasteiger partial charge in [0.25, 0.3) is 0 Å². The molecule has 0 radical (unpaired) electrons. The zero-order chi connectivity index (χ0) is 6.91. The SMILES string of the molecule is CC1(Cl)COC(Cl)CO1. The van der Waals surface area contributed by atoms with E-state index in [1.165, 1.54) is 0 Å². The lowest BCUT2D eigenvalue weighted by atomic mass is 10.4. The van der Waals surface area contributed by atoms with Crippen molar-refractivity contribution < 1.29 is 9.47 Å². The summed E-state index contributed by atoms with van der Waals surface area (Å²) in [6.45, 7) is 2.46. The van der Waals surface area contributed by atoms with Crippen molar-refractivity contribution in [3.05, 3.63) is 0 Å². The van der Waals surface area contributed by atoms with E-state index in [1.54, 1.807) is 6.92 Å². The largest absolute Gasteiger partial charge is 0.356 e. The smallest absolute Gasteiger partial charge is 0.162 e. The van der Waals surface area contributed by atoms with Gasteiger partial charge in [-0.3, -0.25) is 0 Å². The molecule has 0 bridgehead atoms. The molecule has 2 unspecified atom stereocenters. The lowest BCUT2D eigenvalue weighted by molar-refractivity contribution is -0.119. The molecule has 54 valence electrons. The summed E-state index contributed by atoms with van der Waals surface area (Å²) in [5.74, 6) is 0. The highest BCUT2D eigenvalue weighted by molar-refractivity contribution is 6.23. The summed E-state index contributed by atoms with van der Waals surface area (Å²) in [6, 6.07) is 0. The highest BCUT2D eigenvalue weighted by Gasteiger charge is 2.29. The van der Waals surface area contributed by atoms with Crippen LogP contribution in [0.3, 0.4) is 0 Å². The minimum atomic E-state index is -0.675. The van der Waals surface area contributed by atoms with E-state index in [-0.39, 0.29) is 5.56 Å². The van der Waals surface area contributed by atoms with Gasteiger partial charge in [0.05, 0.1) is 13.2 Å². The molecule has 1 heterocycles. The summed E-state index contributed by atoms with van der Waals surface area (Å²) in [5, 5.41) is -0.675. The molecule has 0 aliphatic carbocycles. The van der Waals surface area contributed by atoms with Gasteiger partial charge in [0.1, 0.15) is 0 Å². The third-order valence-electron chi connectivity index (χ3n) is 1.04.